The SMILES string of the molecule is CC(C)(C)OC(=O)N1CCc2ccc(Cl)c(C[SH2+])c2CC1. The fraction of sp³-hybridized carbons (Fsp3) is 0.562. The van der Waals surface area contributed by atoms with Crippen LogP contribution in [0.4, 0.5) is 4.79 Å². The molecule has 1 amide bonds. The summed E-state index contributed by atoms with van der Waals surface area (Å²) in [7, 11) is 0. The number of ether oxygens (including phenoxy) is 1. The molecule has 0 saturated carbocycles. The lowest BCUT2D eigenvalue weighted by Gasteiger charge is -2.26. The average Bonchev–Trinajstić information content (AvgIpc) is 2.59. The second kappa shape index (κ2) is 6.49. The summed E-state index contributed by atoms with van der Waals surface area (Å²) in [5.41, 5.74) is 3.22. The highest BCUT2D eigenvalue weighted by Gasteiger charge is 2.25. The number of amides is 1. The summed E-state index contributed by atoms with van der Waals surface area (Å²) in [6.07, 6.45) is 1.42. The molecular weight excluding hydrogens is 306 g/mol. The highest BCUT2D eigenvalue weighted by Crippen LogP contribution is 2.27. The molecule has 0 atom stereocenters. The number of halogens is 1. The molecule has 1 aliphatic heterocycles. The van der Waals surface area contributed by atoms with E-state index in [1.165, 1.54) is 11.1 Å². The number of fused-ring (bicyclic) bond motifs is 1. The quantitative estimate of drug-likeness (QED) is 0.741. The third-order valence-electron chi connectivity index (χ3n) is 3.58. The van der Waals surface area contributed by atoms with Crippen LogP contribution in [0.2, 0.25) is 5.02 Å². The molecule has 1 aliphatic rings. The van der Waals surface area contributed by atoms with E-state index in [1.54, 1.807) is 4.90 Å². The van der Waals surface area contributed by atoms with E-state index in [1.807, 2.05) is 26.8 Å². The lowest BCUT2D eigenvalue weighted by molar-refractivity contribution is 0.0258. The van der Waals surface area contributed by atoms with Crippen molar-refractivity contribution >= 4 is 30.3 Å². The maximum Gasteiger partial charge on any atom is 0.410 e. The first-order chi connectivity index (χ1) is 9.81. The molecule has 2 rings (SSSR count). The minimum atomic E-state index is -0.458. The van der Waals surface area contributed by atoms with Crippen molar-refractivity contribution in [3.63, 3.8) is 0 Å². The maximum absolute atomic E-state index is 12.2. The fourth-order valence-electron chi connectivity index (χ4n) is 2.57. The van der Waals surface area contributed by atoms with E-state index >= 15 is 0 Å². The molecule has 116 valence electrons. The minimum absolute atomic E-state index is 0.235. The zero-order valence-electron chi connectivity index (χ0n) is 12.8. The van der Waals surface area contributed by atoms with Crippen LogP contribution in [-0.4, -0.2) is 29.7 Å². The second-order valence-corrected chi connectivity index (χ2v) is 7.07. The molecule has 0 saturated heterocycles. The Labute approximate surface area is 137 Å². The van der Waals surface area contributed by atoms with Crippen molar-refractivity contribution in [2.75, 3.05) is 13.1 Å². The van der Waals surface area contributed by atoms with Gasteiger partial charge in [0.1, 0.15) is 11.4 Å². The van der Waals surface area contributed by atoms with E-state index in [2.05, 4.69) is 18.7 Å². The van der Waals surface area contributed by atoms with Gasteiger partial charge in [-0.2, -0.15) is 0 Å². The van der Waals surface area contributed by atoms with E-state index in [4.69, 9.17) is 16.3 Å². The molecule has 0 spiro atoms. The molecule has 21 heavy (non-hydrogen) atoms. The number of hydrogen-bond acceptors (Lipinski definition) is 2. The zero-order chi connectivity index (χ0) is 15.6. The molecule has 0 fully saturated rings. The van der Waals surface area contributed by atoms with Crippen molar-refractivity contribution in [1.29, 1.82) is 0 Å². The number of benzene rings is 1. The molecule has 0 bridgehead atoms. The predicted molar refractivity (Wildman–Crippen MR) is 90.5 cm³/mol. The molecular formula is C16H23ClNO2S+. The highest BCUT2D eigenvalue weighted by molar-refractivity contribution is 7.57. The van der Waals surface area contributed by atoms with E-state index < -0.39 is 5.60 Å². The fourth-order valence-corrected chi connectivity index (χ4v) is 3.33. The van der Waals surface area contributed by atoms with Crippen LogP contribution >= 0.6 is 11.6 Å². The van der Waals surface area contributed by atoms with Crippen LogP contribution in [0.1, 0.15) is 37.5 Å². The summed E-state index contributed by atoms with van der Waals surface area (Å²) < 4.78 is 5.46. The second-order valence-electron chi connectivity index (χ2n) is 6.31. The van der Waals surface area contributed by atoms with Crippen molar-refractivity contribution in [3.8, 4) is 0 Å². The Morgan fingerprint density at radius 1 is 1.33 bits per heavy atom. The van der Waals surface area contributed by atoms with Crippen molar-refractivity contribution in [3.05, 3.63) is 33.8 Å². The van der Waals surface area contributed by atoms with Crippen LogP contribution < -0.4 is 0 Å². The van der Waals surface area contributed by atoms with Crippen LogP contribution in [0.3, 0.4) is 0 Å². The van der Waals surface area contributed by atoms with Crippen LogP contribution in [0.5, 0.6) is 0 Å². The first-order valence-corrected chi connectivity index (χ1v) is 8.32. The number of nitrogens with zero attached hydrogens (tertiary/aromatic N) is 1. The van der Waals surface area contributed by atoms with E-state index in [9.17, 15) is 4.79 Å². The van der Waals surface area contributed by atoms with Gasteiger partial charge in [0.05, 0.1) is 0 Å². The van der Waals surface area contributed by atoms with E-state index in [-0.39, 0.29) is 6.09 Å². The summed E-state index contributed by atoms with van der Waals surface area (Å²) >= 11 is 9.82. The van der Waals surface area contributed by atoms with Crippen LogP contribution in [0.25, 0.3) is 0 Å². The molecule has 1 heterocycles. The van der Waals surface area contributed by atoms with E-state index in [0.717, 1.165) is 29.2 Å². The number of carbonyl (C=O) groups excluding carboxylic acids is 1. The van der Waals surface area contributed by atoms with Gasteiger partial charge in [0, 0.05) is 23.7 Å². The molecule has 0 aliphatic carbocycles. The summed E-state index contributed by atoms with van der Waals surface area (Å²) in [5, 5.41) is 0.787. The molecule has 5 heteroatoms. The van der Waals surface area contributed by atoms with Gasteiger partial charge in [-0.25, -0.2) is 4.79 Å². The number of hydrogen-bond donors (Lipinski definition) is 0. The molecule has 0 radical (unpaired) electrons. The Balaban J connectivity index is 2.16. The Bertz CT molecular complexity index is 540. The number of carbonyl (C=O) groups is 1. The molecule has 1 aromatic rings. The Morgan fingerprint density at radius 3 is 2.62 bits per heavy atom. The summed E-state index contributed by atoms with van der Waals surface area (Å²) in [4.78, 5) is 14.0. The molecule has 1 aromatic carbocycles. The highest BCUT2D eigenvalue weighted by atomic mass is 35.5. The first-order valence-electron chi connectivity index (χ1n) is 7.23. The molecule has 0 unspecified atom stereocenters. The summed E-state index contributed by atoms with van der Waals surface area (Å²) in [6.45, 7) is 7.02. The van der Waals surface area contributed by atoms with Gasteiger partial charge in [-0.05, 0) is 63.4 Å². The summed E-state index contributed by atoms with van der Waals surface area (Å²) in [5.74, 6) is 0.731. The largest absolute Gasteiger partial charge is 0.444 e. The molecule has 0 N–H and O–H groups in total. The van der Waals surface area contributed by atoms with E-state index in [0.29, 0.717) is 13.1 Å². The maximum atomic E-state index is 12.2. The normalized spacial score (nSPS) is 15.4. The van der Waals surface area contributed by atoms with Gasteiger partial charge < -0.3 is 9.64 Å². The van der Waals surface area contributed by atoms with Gasteiger partial charge in [0.2, 0.25) is 0 Å². The van der Waals surface area contributed by atoms with Crippen LogP contribution in [0, 0.1) is 0 Å². The first kappa shape index (κ1) is 16.5. The monoisotopic (exact) mass is 328 g/mol. The Morgan fingerprint density at radius 2 is 2.00 bits per heavy atom. The molecule has 3 nitrogen and oxygen atoms in total. The Hall–Kier alpha value is -0.870. The van der Waals surface area contributed by atoms with Crippen molar-refractivity contribution < 1.29 is 9.53 Å². The van der Waals surface area contributed by atoms with Crippen molar-refractivity contribution in [1.82, 2.24) is 4.90 Å². The Kier molecular flexibility index (Phi) is 5.10. The third kappa shape index (κ3) is 4.07. The van der Waals surface area contributed by atoms with Crippen LogP contribution in [-0.2, 0) is 36.0 Å². The average molecular weight is 329 g/mol. The smallest absolute Gasteiger partial charge is 0.410 e. The van der Waals surface area contributed by atoms with Gasteiger partial charge in [-0.3, -0.25) is 0 Å². The van der Waals surface area contributed by atoms with Gasteiger partial charge in [0.25, 0.3) is 0 Å². The lowest BCUT2D eigenvalue weighted by Crippen LogP contribution is -2.38. The van der Waals surface area contributed by atoms with Crippen molar-refractivity contribution in [2.24, 2.45) is 0 Å². The summed E-state index contributed by atoms with van der Waals surface area (Å²) in [6, 6.07) is 4.01. The van der Waals surface area contributed by atoms with Gasteiger partial charge in [0.15, 0.2) is 0 Å². The van der Waals surface area contributed by atoms with Gasteiger partial charge in [-0.1, -0.05) is 17.7 Å². The predicted octanol–water partition coefficient (Wildman–Crippen LogP) is 3.19. The zero-order valence-corrected chi connectivity index (χ0v) is 14.6. The van der Waals surface area contributed by atoms with Gasteiger partial charge >= 0.3 is 6.09 Å². The van der Waals surface area contributed by atoms with Gasteiger partial charge in [-0.15, -0.1) is 0 Å². The lowest BCUT2D eigenvalue weighted by atomic mass is 9.98. The standard InChI is InChI=1S/C16H22ClNO2S/c1-16(2,3)20-15(19)18-8-6-11-4-5-14(17)13(10-21)12(11)7-9-18/h4-5,21H,6-10H2,1-3H3/p+1. The molecule has 0 aromatic heterocycles. The van der Waals surface area contributed by atoms with Crippen molar-refractivity contribution in [2.45, 2.75) is 45.0 Å². The minimum Gasteiger partial charge on any atom is -0.444 e. The number of rotatable bonds is 1. The van der Waals surface area contributed by atoms with Crippen LogP contribution in [0.15, 0.2) is 12.1 Å². The topological polar surface area (TPSA) is 29.5 Å². The third-order valence-corrected chi connectivity index (χ3v) is 4.29.